The van der Waals surface area contributed by atoms with Crippen LogP contribution in [0.25, 0.3) is 33.4 Å². The third kappa shape index (κ3) is 4.19. The van der Waals surface area contributed by atoms with Crippen LogP contribution in [-0.4, -0.2) is 63.6 Å². The van der Waals surface area contributed by atoms with Crippen LogP contribution in [0.5, 0.6) is 0 Å². The molecule has 1 aliphatic rings. The van der Waals surface area contributed by atoms with E-state index in [2.05, 4.69) is 44.7 Å². The van der Waals surface area contributed by atoms with Crippen LogP contribution in [0.2, 0.25) is 0 Å². The van der Waals surface area contributed by atoms with Gasteiger partial charge in [-0.25, -0.2) is 4.79 Å². The Balaban J connectivity index is 1.46. The Morgan fingerprint density at radius 1 is 1.00 bits per heavy atom. The summed E-state index contributed by atoms with van der Waals surface area (Å²) in [5.74, 6) is 0.830. The molecule has 0 unspecified atom stereocenters. The zero-order chi connectivity index (χ0) is 22.8. The summed E-state index contributed by atoms with van der Waals surface area (Å²) in [5, 5.41) is 11.4. The average molecular weight is 447 g/mol. The standard InChI is InChI=1S/C25H30N6O2/c1-29-20-10-9-19(17-21(20)30(2)25(29)32)22-23(18-7-4-3-5-8-18)27-28-24(22)26-11-6-12-31-13-15-33-16-14-31/h3-5,7-10,17H,6,11-16H2,1-2H3,(H2,26,27,28). The number of rotatable bonds is 7. The van der Waals surface area contributed by atoms with E-state index in [-0.39, 0.29) is 5.69 Å². The topological polar surface area (TPSA) is 80.1 Å². The Labute approximate surface area is 192 Å². The van der Waals surface area contributed by atoms with E-state index in [1.807, 2.05) is 31.3 Å². The predicted octanol–water partition coefficient (Wildman–Crippen LogP) is 3.07. The molecule has 33 heavy (non-hydrogen) atoms. The van der Waals surface area contributed by atoms with E-state index in [9.17, 15) is 4.79 Å². The molecule has 4 aromatic rings. The fraction of sp³-hybridized carbons (Fsp3) is 0.360. The van der Waals surface area contributed by atoms with Crippen LogP contribution in [0.3, 0.4) is 0 Å². The summed E-state index contributed by atoms with van der Waals surface area (Å²) in [4.78, 5) is 14.9. The Bertz CT molecular complexity index is 1300. The molecule has 0 saturated carbocycles. The molecule has 3 heterocycles. The lowest BCUT2D eigenvalue weighted by atomic mass is 10.00. The minimum atomic E-state index is -0.0286. The molecule has 0 atom stereocenters. The Kier molecular flexibility index (Phi) is 6.02. The minimum absolute atomic E-state index is 0.0286. The largest absolute Gasteiger partial charge is 0.379 e. The lowest BCUT2D eigenvalue weighted by Gasteiger charge is -2.26. The number of nitrogens with zero attached hydrogens (tertiary/aromatic N) is 4. The quantitative estimate of drug-likeness (QED) is 0.427. The van der Waals surface area contributed by atoms with Gasteiger partial charge >= 0.3 is 5.69 Å². The number of fused-ring (bicyclic) bond motifs is 1. The van der Waals surface area contributed by atoms with Crippen LogP contribution in [-0.2, 0) is 18.8 Å². The summed E-state index contributed by atoms with van der Waals surface area (Å²) in [6, 6.07) is 16.4. The fourth-order valence-electron chi connectivity index (χ4n) is 4.56. The van der Waals surface area contributed by atoms with Gasteiger partial charge in [0.25, 0.3) is 0 Å². The van der Waals surface area contributed by atoms with Crippen molar-refractivity contribution in [3.63, 3.8) is 0 Å². The molecule has 1 saturated heterocycles. The van der Waals surface area contributed by atoms with Gasteiger partial charge in [-0.2, -0.15) is 5.10 Å². The van der Waals surface area contributed by atoms with Gasteiger partial charge in [0.1, 0.15) is 0 Å². The zero-order valence-corrected chi connectivity index (χ0v) is 19.2. The van der Waals surface area contributed by atoms with Gasteiger partial charge in [-0.15, -0.1) is 0 Å². The molecular formula is C25H30N6O2. The van der Waals surface area contributed by atoms with Crippen molar-refractivity contribution < 1.29 is 4.74 Å². The van der Waals surface area contributed by atoms with Crippen molar-refractivity contribution in [2.75, 3.05) is 44.7 Å². The van der Waals surface area contributed by atoms with Crippen molar-refractivity contribution in [2.45, 2.75) is 6.42 Å². The molecule has 1 aliphatic heterocycles. The highest BCUT2D eigenvalue weighted by Gasteiger charge is 2.19. The number of nitrogens with one attached hydrogen (secondary N) is 2. The summed E-state index contributed by atoms with van der Waals surface area (Å²) in [7, 11) is 3.62. The molecule has 0 aliphatic carbocycles. The first kappa shape index (κ1) is 21.5. The van der Waals surface area contributed by atoms with Gasteiger partial charge in [0.2, 0.25) is 0 Å². The van der Waals surface area contributed by atoms with Crippen LogP contribution in [0.4, 0.5) is 5.82 Å². The molecule has 0 bridgehead atoms. The van der Waals surface area contributed by atoms with Gasteiger partial charge in [0, 0.05) is 39.3 Å². The molecule has 172 valence electrons. The molecule has 8 nitrogen and oxygen atoms in total. The lowest BCUT2D eigenvalue weighted by Crippen LogP contribution is -2.37. The number of anilines is 1. The number of benzene rings is 2. The van der Waals surface area contributed by atoms with E-state index in [0.29, 0.717) is 0 Å². The molecule has 0 amide bonds. The van der Waals surface area contributed by atoms with E-state index in [4.69, 9.17) is 4.74 Å². The average Bonchev–Trinajstić information content (AvgIpc) is 3.38. The molecular weight excluding hydrogens is 416 g/mol. The van der Waals surface area contributed by atoms with Crippen molar-refractivity contribution >= 4 is 16.9 Å². The van der Waals surface area contributed by atoms with E-state index in [1.165, 1.54) is 0 Å². The Morgan fingerprint density at radius 3 is 2.55 bits per heavy atom. The van der Waals surface area contributed by atoms with Gasteiger partial charge in [0.15, 0.2) is 5.82 Å². The summed E-state index contributed by atoms with van der Waals surface area (Å²) < 4.78 is 8.81. The monoisotopic (exact) mass is 446 g/mol. The highest BCUT2D eigenvalue weighted by atomic mass is 16.5. The molecule has 0 radical (unpaired) electrons. The Morgan fingerprint density at radius 2 is 1.76 bits per heavy atom. The smallest absolute Gasteiger partial charge is 0.328 e. The fourth-order valence-corrected chi connectivity index (χ4v) is 4.56. The van der Waals surface area contributed by atoms with Crippen molar-refractivity contribution in [3.8, 4) is 22.4 Å². The normalized spacial score (nSPS) is 14.7. The molecule has 1 fully saturated rings. The Hall–Kier alpha value is -3.36. The highest BCUT2D eigenvalue weighted by Crippen LogP contribution is 2.37. The summed E-state index contributed by atoms with van der Waals surface area (Å²) in [5.41, 5.74) is 5.86. The maximum Gasteiger partial charge on any atom is 0.328 e. The summed E-state index contributed by atoms with van der Waals surface area (Å²) in [6.45, 7) is 5.52. The second-order valence-electron chi connectivity index (χ2n) is 8.53. The van der Waals surface area contributed by atoms with Crippen LogP contribution in [0.1, 0.15) is 6.42 Å². The van der Waals surface area contributed by atoms with Gasteiger partial charge in [-0.3, -0.25) is 19.1 Å². The third-order valence-electron chi connectivity index (χ3n) is 6.44. The van der Waals surface area contributed by atoms with Gasteiger partial charge in [-0.1, -0.05) is 36.4 Å². The molecule has 2 aromatic carbocycles. The van der Waals surface area contributed by atoms with Gasteiger partial charge < -0.3 is 10.1 Å². The number of imidazole rings is 1. The van der Waals surface area contributed by atoms with Crippen molar-refractivity contribution in [1.82, 2.24) is 24.2 Å². The van der Waals surface area contributed by atoms with Gasteiger partial charge in [0.05, 0.1) is 35.5 Å². The number of hydrogen-bond acceptors (Lipinski definition) is 5. The van der Waals surface area contributed by atoms with E-state index >= 15 is 0 Å². The second kappa shape index (κ2) is 9.25. The number of aromatic amines is 1. The zero-order valence-electron chi connectivity index (χ0n) is 19.2. The van der Waals surface area contributed by atoms with Crippen molar-refractivity contribution in [1.29, 1.82) is 0 Å². The number of aromatic nitrogens is 4. The second-order valence-corrected chi connectivity index (χ2v) is 8.53. The maximum absolute atomic E-state index is 12.4. The number of aryl methyl sites for hydroxylation is 2. The van der Waals surface area contributed by atoms with Crippen molar-refractivity contribution in [2.24, 2.45) is 14.1 Å². The minimum Gasteiger partial charge on any atom is -0.379 e. The first-order chi connectivity index (χ1) is 16.1. The van der Waals surface area contributed by atoms with Crippen LogP contribution >= 0.6 is 0 Å². The molecule has 0 spiro atoms. The lowest BCUT2D eigenvalue weighted by molar-refractivity contribution is 0.0378. The first-order valence-corrected chi connectivity index (χ1v) is 11.5. The van der Waals surface area contributed by atoms with E-state index < -0.39 is 0 Å². The van der Waals surface area contributed by atoms with Gasteiger partial charge in [-0.05, 0) is 30.7 Å². The number of ether oxygens (including phenoxy) is 1. The van der Waals surface area contributed by atoms with E-state index in [1.54, 1.807) is 16.2 Å². The molecule has 2 N–H and O–H groups in total. The summed E-state index contributed by atoms with van der Waals surface area (Å²) >= 11 is 0. The highest BCUT2D eigenvalue weighted by molar-refractivity contribution is 5.92. The predicted molar refractivity (Wildman–Crippen MR) is 132 cm³/mol. The number of H-pyrrole nitrogens is 1. The number of hydrogen-bond donors (Lipinski definition) is 2. The SMILES string of the molecule is Cn1c(=O)n(C)c2cc(-c3c(NCCCN4CCOCC4)n[nH]c3-c3ccccc3)ccc21. The van der Waals surface area contributed by atoms with Crippen LogP contribution in [0, 0.1) is 0 Å². The molecule has 5 rings (SSSR count). The maximum atomic E-state index is 12.4. The van der Waals surface area contributed by atoms with Crippen LogP contribution in [0.15, 0.2) is 53.3 Å². The van der Waals surface area contributed by atoms with E-state index in [0.717, 1.165) is 85.0 Å². The first-order valence-electron chi connectivity index (χ1n) is 11.5. The molecule has 2 aromatic heterocycles. The molecule has 8 heteroatoms. The van der Waals surface area contributed by atoms with Crippen molar-refractivity contribution in [3.05, 3.63) is 59.0 Å². The summed E-state index contributed by atoms with van der Waals surface area (Å²) in [6.07, 6.45) is 1.03. The van der Waals surface area contributed by atoms with Crippen LogP contribution < -0.4 is 11.0 Å². The third-order valence-corrected chi connectivity index (χ3v) is 6.44. The number of morpholine rings is 1.